The fraction of sp³-hybridized carbons (Fsp3) is 0.231. The smallest absolute Gasteiger partial charge is 0.416 e. The topological polar surface area (TPSA) is 106 Å². The molecule has 0 saturated carbocycles. The minimum atomic E-state index is -4.58. The van der Waals surface area contributed by atoms with E-state index in [4.69, 9.17) is 9.15 Å². The lowest BCUT2D eigenvalue weighted by atomic mass is 9.96. The van der Waals surface area contributed by atoms with Crippen molar-refractivity contribution >= 4 is 28.3 Å². The molecule has 1 N–H and O–H groups in total. The van der Waals surface area contributed by atoms with Gasteiger partial charge in [-0.25, -0.2) is 9.97 Å². The molecule has 0 aliphatic heterocycles. The van der Waals surface area contributed by atoms with Crippen LogP contribution >= 0.6 is 11.3 Å². The van der Waals surface area contributed by atoms with E-state index in [0.717, 1.165) is 23.5 Å². The molecule has 1 aromatic carbocycles. The molecule has 0 radical (unpaired) electrons. The zero-order valence-corrected chi connectivity index (χ0v) is 21.0. The lowest BCUT2D eigenvalue weighted by molar-refractivity contribution is -0.140. The van der Waals surface area contributed by atoms with E-state index in [9.17, 15) is 27.9 Å². The quantitative estimate of drug-likeness (QED) is 0.284. The monoisotopic (exact) mass is 545 g/mol. The largest absolute Gasteiger partial charge is 0.481 e. The van der Waals surface area contributed by atoms with E-state index in [-0.39, 0.29) is 22.8 Å². The number of thiazole rings is 1. The highest BCUT2D eigenvalue weighted by atomic mass is 32.1. The molecule has 1 atom stereocenters. The van der Waals surface area contributed by atoms with Gasteiger partial charge >= 0.3 is 12.1 Å². The molecular formula is C26H22F3N3O5S. The van der Waals surface area contributed by atoms with Gasteiger partial charge in [-0.2, -0.15) is 13.2 Å². The molecule has 12 heteroatoms. The summed E-state index contributed by atoms with van der Waals surface area (Å²) < 4.78 is 51.0. The number of hydrogen-bond donors (Lipinski definition) is 1. The molecule has 1 amide bonds. The summed E-state index contributed by atoms with van der Waals surface area (Å²) in [6.07, 6.45) is -2.02. The average Bonchev–Trinajstić information content (AvgIpc) is 3.59. The first-order valence-electron chi connectivity index (χ1n) is 11.3. The molecule has 0 spiro atoms. The summed E-state index contributed by atoms with van der Waals surface area (Å²) in [6.45, 7) is 0. The van der Waals surface area contributed by atoms with Crippen LogP contribution in [0.15, 0.2) is 64.7 Å². The van der Waals surface area contributed by atoms with Crippen LogP contribution in [-0.2, 0) is 22.2 Å². The number of amides is 1. The van der Waals surface area contributed by atoms with Gasteiger partial charge in [-0.1, -0.05) is 6.07 Å². The van der Waals surface area contributed by atoms with E-state index in [1.54, 1.807) is 29.6 Å². The van der Waals surface area contributed by atoms with Crippen molar-refractivity contribution in [2.24, 2.45) is 5.92 Å². The highest BCUT2D eigenvalue weighted by Gasteiger charge is 2.32. The van der Waals surface area contributed by atoms with Crippen LogP contribution in [0.4, 0.5) is 18.3 Å². The second kappa shape index (κ2) is 11.1. The summed E-state index contributed by atoms with van der Waals surface area (Å²) in [4.78, 5) is 34.4. The van der Waals surface area contributed by atoms with Crippen LogP contribution in [0.1, 0.15) is 17.7 Å². The van der Waals surface area contributed by atoms with Gasteiger partial charge < -0.3 is 14.3 Å². The molecule has 0 aliphatic carbocycles. The second-order valence-electron chi connectivity index (χ2n) is 8.34. The van der Waals surface area contributed by atoms with Crippen molar-refractivity contribution in [3.8, 4) is 28.3 Å². The molecule has 4 rings (SSSR count). The number of aliphatic carboxylic acids is 1. The van der Waals surface area contributed by atoms with Crippen LogP contribution in [0.2, 0.25) is 0 Å². The molecule has 0 saturated heterocycles. The number of halogens is 3. The van der Waals surface area contributed by atoms with Crippen molar-refractivity contribution in [1.82, 2.24) is 9.97 Å². The van der Waals surface area contributed by atoms with Crippen molar-refractivity contribution in [2.45, 2.75) is 19.0 Å². The Morgan fingerprint density at radius 3 is 2.58 bits per heavy atom. The number of furan rings is 1. The fourth-order valence-corrected chi connectivity index (χ4v) is 4.68. The highest BCUT2D eigenvalue weighted by molar-refractivity contribution is 7.14. The molecule has 38 heavy (non-hydrogen) atoms. The summed E-state index contributed by atoms with van der Waals surface area (Å²) in [5, 5.41) is 11.1. The number of anilines is 1. The number of pyridine rings is 1. The Bertz CT molecular complexity index is 1420. The second-order valence-corrected chi connectivity index (χ2v) is 9.17. The highest BCUT2D eigenvalue weighted by Crippen LogP contribution is 2.39. The normalized spacial score (nSPS) is 12.2. The van der Waals surface area contributed by atoms with E-state index in [2.05, 4.69) is 9.97 Å². The summed E-state index contributed by atoms with van der Waals surface area (Å²) in [5.74, 6) is -1.77. The molecule has 3 aromatic heterocycles. The Hall–Kier alpha value is -4.19. The van der Waals surface area contributed by atoms with Crippen LogP contribution in [0, 0.1) is 5.92 Å². The van der Waals surface area contributed by atoms with Gasteiger partial charge in [0.15, 0.2) is 5.13 Å². The molecular weight excluding hydrogens is 523 g/mol. The third-order valence-corrected chi connectivity index (χ3v) is 6.70. The molecule has 3 heterocycles. The summed E-state index contributed by atoms with van der Waals surface area (Å²) >= 11 is 1.05. The standard InChI is InChI=1S/C26H22F3N3O5S/c1-32(24(35)16(11-23(33)34)10-18-4-3-9-37-18)25-31-21(14-38-25)20-12-17(26(27,28)29)6-7-19(20)15-5-8-22(36-2)30-13-15/h3-9,12-14,16H,10-11H2,1-2H3,(H,33,34)/t16-/m1/s1. The number of aromatic nitrogens is 2. The van der Waals surface area contributed by atoms with E-state index < -0.39 is 36.0 Å². The Morgan fingerprint density at radius 1 is 1.18 bits per heavy atom. The van der Waals surface area contributed by atoms with Gasteiger partial charge in [-0.3, -0.25) is 14.5 Å². The van der Waals surface area contributed by atoms with Gasteiger partial charge in [0.05, 0.1) is 37.0 Å². The van der Waals surface area contributed by atoms with Gasteiger partial charge in [-0.15, -0.1) is 11.3 Å². The zero-order valence-electron chi connectivity index (χ0n) is 20.2. The molecule has 0 aliphatic rings. The maximum atomic E-state index is 13.5. The van der Waals surface area contributed by atoms with E-state index in [1.807, 2.05) is 0 Å². The Labute approximate surface area is 219 Å². The number of methoxy groups -OCH3 is 1. The van der Waals surface area contributed by atoms with Crippen molar-refractivity contribution < 1.29 is 37.0 Å². The predicted octanol–water partition coefficient (Wildman–Crippen LogP) is 5.79. The minimum Gasteiger partial charge on any atom is -0.481 e. The van der Waals surface area contributed by atoms with Crippen molar-refractivity contribution in [3.63, 3.8) is 0 Å². The van der Waals surface area contributed by atoms with Gasteiger partial charge in [0.2, 0.25) is 11.8 Å². The molecule has 198 valence electrons. The Balaban J connectivity index is 1.69. The van der Waals surface area contributed by atoms with Gasteiger partial charge in [0.1, 0.15) is 5.76 Å². The van der Waals surface area contributed by atoms with Gasteiger partial charge in [0, 0.05) is 42.2 Å². The lowest BCUT2D eigenvalue weighted by Gasteiger charge is -2.20. The van der Waals surface area contributed by atoms with Crippen LogP contribution in [0.5, 0.6) is 5.88 Å². The Kier molecular flexibility index (Phi) is 7.81. The number of benzene rings is 1. The van der Waals surface area contributed by atoms with Crippen LogP contribution in [-0.4, -0.2) is 41.1 Å². The first-order valence-corrected chi connectivity index (χ1v) is 12.1. The number of ether oxygens (including phenoxy) is 1. The number of carboxylic acid groups (broad SMARTS) is 1. The summed E-state index contributed by atoms with van der Waals surface area (Å²) in [7, 11) is 2.90. The van der Waals surface area contributed by atoms with Crippen molar-refractivity contribution in [1.29, 1.82) is 0 Å². The third-order valence-electron chi connectivity index (χ3n) is 5.79. The summed E-state index contributed by atoms with van der Waals surface area (Å²) in [5.41, 5.74) is 0.584. The van der Waals surface area contributed by atoms with E-state index in [0.29, 0.717) is 22.8 Å². The zero-order chi connectivity index (χ0) is 27.4. The molecule has 4 aromatic rings. The first kappa shape index (κ1) is 26.9. The maximum absolute atomic E-state index is 13.5. The maximum Gasteiger partial charge on any atom is 0.416 e. The molecule has 0 bridgehead atoms. The van der Waals surface area contributed by atoms with Crippen molar-refractivity contribution in [2.75, 3.05) is 19.1 Å². The summed E-state index contributed by atoms with van der Waals surface area (Å²) in [6, 6.07) is 9.89. The Morgan fingerprint density at radius 2 is 1.97 bits per heavy atom. The van der Waals surface area contributed by atoms with Crippen LogP contribution < -0.4 is 9.64 Å². The third kappa shape index (κ3) is 6.02. The number of carbonyl (C=O) groups is 2. The number of alkyl halides is 3. The first-order chi connectivity index (χ1) is 18.1. The van der Waals surface area contributed by atoms with Crippen molar-refractivity contribution in [3.05, 3.63) is 71.6 Å². The SMILES string of the molecule is COc1ccc(-c2ccc(C(F)(F)F)cc2-c2csc(N(C)C(=O)[C@@H](CC(=O)O)Cc3ccco3)n2)cn1. The van der Waals surface area contributed by atoms with E-state index >= 15 is 0 Å². The molecule has 0 fully saturated rings. The molecule has 0 unspecified atom stereocenters. The predicted molar refractivity (Wildman–Crippen MR) is 134 cm³/mol. The van der Waals surface area contributed by atoms with Gasteiger partial charge in [0.25, 0.3) is 0 Å². The fourth-order valence-electron chi connectivity index (χ4n) is 3.88. The number of nitrogens with zero attached hydrogens (tertiary/aromatic N) is 3. The number of rotatable bonds is 9. The lowest BCUT2D eigenvalue weighted by Crippen LogP contribution is -2.35. The van der Waals surface area contributed by atoms with Gasteiger partial charge in [-0.05, 0) is 35.9 Å². The van der Waals surface area contributed by atoms with Crippen LogP contribution in [0.25, 0.3) is 22.4 Å². The average molecular weight is 546 g/mol. The molecule has 8 nitrogen and oxygen atoms in total. The minimum absolute atomic E-state index is 0.0724. The number of hydrogen-bond acceptors (Lipinski definition) is 7. The van der Waals surface area contributed by atoms with Crippen LogP contribution in [0.3, 0.4) is 0 Å². The number of carbonyl (C=O) groups excluding carboxylic acids is 1. The number of carboxylic acids is 1. The van der Waals surface area contributed by atoms with E-state index in [1.165, 1.54) is 37.6 Å².